The molecule has 0 spiro atoms. The van der Waals surface area contributed by atoms with Gasteiger partial charge in [-0.25, -0.2) is 4.39 Å². The highest BCUT2D eigenvalue weighted by Crippen LogP contribution is 2.41. The first-order valence-corrected chi connectivity index (χ1v) is 6.46. The zero-order valence-electron chi connectivity index (χ0n) is 11.3. The number of halogens is 4. The van der Waals surface area contributed by atoms with Crippen LogP contribution in [0.15, 0.2) is 12.2 Å². The van der Waals surface area contributed by atoms with Crippen molar-refractivity contribution in [3.05, 3.63) is 12.2 Å². The van der Waals surface area contributed by atoms with Crippen molar-refractivity contribution in [2.45, 2.75) is 70.0 Å². The second-order valence-electron chi connectivity index (χ2n) is 4.60. The number of allylic oxidation sites excluding steroid dienone is 1. The summed E-state index contributed by atoms with van der Waals surface area (Å²) in [6, 6.07) is 0. The Bertz CT molecular complexity index is 278. The molecule has 0 aliphatic carbocycles. The highest BCUT2D eigenvalue weighted by Gasteiger charge is 2.64. The van der Waals surface area contributed by atoms with Crippen LogP contribution in [0.2, 0.25) is 0 Å². The van der Waals surface area contributed by atoms with E-state index in [1.165, 1.54) is 6.92 Å². The van der Waals surface area contributed by atoms with Gasteiger partial charge in [0.2, 0.25) is 0 Å². The molecule has 2 N–H and O–H groups in total. The molecule has 0 heterocycles. The molecule has 3 atom stereocenters. The quantitative estimate of drug-likeness (QED) is 0.407. The van der Waals surface area contributed by atoms with E-state index in [1.54, 1.807) is 0 Å². The predicted molar refractivity (Wildman–Crippen MR) is 65.5 cm³/mol. The monoisotopic (exact) mass is 286 g/mol. The molecule has 0 aromatic rings. The number of hydrogen-bond donors (Lipinski definition) is 2. The summed E-state index contributed by atoms with van der Waals surface area (Å²) in [5.74, 6) is 0. The molecule has 2 nitrogen and oxygen atoms in total. The van der Waals surface area contributed by atoms with Crippen LogP contribution in [-0.2, 0) is 0 Å². The van der Waals surface area contributed by atoms with E-state index in [0.717, 1.165) is 18.9 Å². The lowest BCUT2D eigenvalue weighted by molar-refractivity contribution is -0.283. The summed E-state index contributed by atoms with van der Waals surface area (Å²) in [5, 5.41) is 18.8. The average Bonchev–Trinajstić information content (AvgIpc) is 2.32. The van der Waals surface area contributed by atoms with Crippen molar-refractivity contribution in [1.29, 1.82) is 0 Å². The second kappa shape index (κ2) is 7.85. The van der Waals surface area contributed by atoms with Crippen LogP contribution in [0.1, 0.15) is 46.0 Å². The minimum atomic E-state index is -5.32. The molecule has 0 fully saturated rings. The third kappa shape index (κ3) is 4.76. The molecule has 0 aromatic carbocycles. The molecule has 0 aromatic heterocycles. The zero-order chi connectivity index (χ0) is 15.1. The van der Waals surface area contributed by atoms with Crippen LogP contribution >= 0.6 is 0 Å². The van der Waals surface area contributed by atoms with Crippen molar-refractivity contribution < 1.29 is 27.8 Å². The van der Waals surface area contributed by atoms with Gasteiger partial charge in [0.25, 0.3) is 5.67 Å². The zero-order valence-corrected chi connectivity index (χ0v) is 11.3. The average molecular weight is 286 g/mol. The fraction of sp³-hybridized carbons (Fsp3) is 0.846. The third-order valence-corrected chi connectivity index (χ3v) is 3.06. The lowest BCUT2D eigenvalue weighted by Gasteiger charge is -2.35. The second-order valence-corrected chi connectivity index (χ2v) is 4.60. The molecule has 6 heteroatoms. The molecular weight excluding hydrogens is 264 g/mol. The summed E-state index contributed by atoms with van der Waals surface area (Å²) in [6.45, 7) is 3.30. The Morgan fingerprint density at radius 1 is 1.05 bits per heavy atom. The van der Waals surface area contributed by atoms with Crippen molar-refractivity contribution in [1.82, 2.24) is 0 Å². The minimum absolute atomic E-state index is 0.291. The fourth-order valence-electron chi connectivity index (χ4n) is 1.85. The molecule has 0 bridgehead atoms. The Balaban J connectivity index is 4.84. The van der Waals surface area contributed by atoms with E-state index >= 15 is 0 Å². The molecule has 0 aliphatic heterocycles. The van der Waals surface area contributed by atoms with Gasteiger partial charge in [0, 0.05) is 0 Å². The highest BCUT2D eigenvalue weighted by molar-refractivity contribution is 5.07. The van der Waals surface area contributed by atoms with E-state index in [0.29, 0.717) is 18.9 Å². The van der Waals surface area contributed by atoms with E-state index in [9.17, 15) is 27.8 Å². The number of alkyl halides is 4. The molecule has 0 saturated carbocycles. The number of aliphatic hydroxyl groups excluding tert-OH is 2. The lowest BCUT2D eigenvalue weighted by Crippen LogP contribution is -2.58. The van der Waals surface area contributed by atoms with Gasteiger partial charge in [-0.3, -0.25) is 0 Å². The number of aliphatic hydroxyl groups is 2. The van der Waals surface area contributed by atoms with Crippen LogP contribution in [0.4, 0.5) is 17.6 Å². The van der Waals surface area contributed by atoms with E-state index in [4.69, 9.17) is 0 Å². The summed E-state index contributed by atoms with van der Waals surface area (Å²) in [7, 11) is 0. The summed E-state index contributed by atoms with van der Waals surface area (Å²) < 4.78 is 52.4. The predicted octanol–water partition coefficient (Wildman–Crippen LogP) is 3.53. The molecule has 0 unspecified atom stereocenters. The Kier molecular flexibility index (Phi) is 7.59. The maximum atomic E-state index is 14.1. The fourth-order valence-corrected chi connectivity index (χ4v) is 1.85. The number of unbranched alkanes of at least 4 members (excludes halogenated alkanes) is 3. The lowest BCUT2D eigenvalue weighted by atomic mass is 9.87. The Labute approximate surface area is 111 Å². The maximum Gasteiger partial charge on any atom is 0.428 e. The van der Waals surface area contributed by atoms with Crippen LogP contribution in [0.25, 0.3) is 0 Å². The topological polar surface area (TPSA) is 40.5 Å². The summed E-state index contributed by atoms with van der Waals surface area (Å²) >= 11 is 0. The van der Waals surface area contributed by atoms with Crippen LogP contribution in [0, 0.1) is 0 Å². The van der Waals surface area contributed by atoms with Gasteiger partial charge in [0.15, 0.2) is 0 Å². The number of hydrogen-bond acceptors (Lipinski definition) is 2. The van der Waals surface area contributed by atoms with Crippen molar-refractivity contribution in [3.63, 3.8) is 0 Å². The van der Waals surface area contributed by atoms with E-state index in [-0.39, 0.29) is 6.42 Å². The van der Waals surface area contributed by atoms with Gasteiger partial charge in [-0.15, -0.1) is 0 Å². The van der Waals surface area contributed by atoms with Crippen LogP contribution in [-0.4, -0.2) is 34.3 Å². The smallest absolute Gasteiger partial charge is 0.389 e. The van der Waals surface area contributed by atoms with Crippen molar-refractivity contribution in [2.24, 2.45) is 0 Å². The van der Waals surface area contributed by atoms with Gasteiger partial charge in [-0.2, -0.15) is 13.2 Å². The summed E-state index contributed by atoms with van der Waals surface area (Å²) in [4.78, 5) is 0. The SMILES string of the molecule is C/C=C/[C@@H](O)[C@@](F)([C@@H](O)CCCCCC)C(F)(F)F. The molecule has 0 rings (SSSR count). The molecule has 114 valence electrons. The van der Waals surface area contributed by atoms with Gasteiger partial charge in [-0.05, 0) is 13.3 Å². The van der Waals surface area contributed by atoms with Crippen molar-refractivity contribution in [3.8, 4) is 0 Å². The first-order valence-electron chi connectivity index (χ1n) is 6.46. The molecule has 0 aliphatic rings. The van der Waals surface area contributed by atoms with Gasteiger partial charge in [0.05, 0.1) is 0 Å². The molecule has 0 saturated heterocycles. The van der Waals surface area contributed by atoms with Gasteiger partial charge in [-0.1, -0.05) is 44.8 Å². The van der Waals surface area contributed by atoms with Gasteiger partial charge < -0.3 is 10.2 Å². The summed E-state index contributed by atoms with van der Waals surface area (Å²) in [6.07, 6.45) is -5.89. The molecule has 0 amide bonds. The first kappa shape index (κ1) is 18.4. The van der Waals surface area contributed by atoms with Gasteiger partial charge >= 0.3 is 6.18 Å². The minimum Gasteiger partial charge on any atom is -0.389 e. The van der Waals surface area contributed by atoms with E-state index in [1.807, 2.05) is 6.92 Å². The van der Waals surface area contributed by atoms with Crippen LogP contribution in [0.3, 0.4) is 0 Å². The first-order chi connectivity index (χ1) is 8.71. The highest BCUT2D eigenvalue weighted by atomic mass is 19.4. The molecular formula is C13H22F4O2. The Morgan fingerprint density at radius 2 is 1.63 bits per heavy atom. The normalized spacial score (nSPS) is 19.4. The standard InChI is InChI=1S/C13H22F4O2/c1-3-5-6-7-9-11(19)12(14,13(15,16)17)10(18)8-4-2/h4,8,10-11,18-19H,3,5-7,9H2,1-2H3/b8-4+/t10-,11+,12-/m1/s1. The van der Waals surface area contributed by atoms with Gasteiger partial charge in [0.1, 0.15) is 12.2 Å². The van der Waals surface area contributed by atoms with Crippen molar-refractivity contribution >= 4 is 0 Å². The maximum absolute atomic E-state index is 14.1. The summed E-state index contributed by atoms with van der Waals surface area (Å²) in [5.41, 5.74) is -4.02. The Morgan fingerprint density at radius 3 is 2.05 bits per heavy atom. The number of rotatable bonds is 8. The van der Waals surface area contributed by atoms with E-state index in [2.05, 4.69) is 0 Å². The van der Waals surface area contributed by atoms with Crippen molar-refractivity contribution in [2.75, 3.05) is 0 Å². The third-order valence-electron chi connectivity index (χ3n) is 3.06. The largest absolute Gasteiger partial charge is 0.428 e. The van der Waals surface area contributed by atoms with Crippen LogP contribution in [0.5, 0.6) is 0 Å². The molecule has 0 radical (unpaired) electrons. The molecule has 19 heavy (non-hydrogen) atoms. The van der Waals surface area contributed by atoms with E-state index < -0.39 is 24.1 Å². The Hall–Kier alpha value is -0.620. The van der Waals surface area contributed by atoms with Crippen LogP contribution < -0.4 is 0 Å².